The van der Waals surface area contributed by atoms with Crippen molar-refractivity contribution in [3.63, 3.8) is 0 Å². The molecule has 1 saturated heterocycles. The molecule has 1 aliphatic heterocycles. The van der Waals surface area contributed by atoms with Gasteiger partial charge in [-0.1, -0.05) is 0 Å². The second-order valence-electron chi connectivity index (χ2n) is 5.24. The van der Waals surface area contributed by atoms with Crippen LogP contribution in [0.4, 0.5) is 0 Å². The third-order valence-electron chi connectivity index (χ3n) is 3.95. The molecule has 1 amide bonds. The van der Waals surface area contributed by atoms with Crippen LogP contribution in [0.15, 0.2) is 37.2 Å². The minimum Gasteiger partial charge on any atom is -0.336 e. The van der Waals surface area contributed by atoms with Crippen LogP contribution >= 0.6 is 0 Å². The van der Waals surface area contributed by atoms with Crippen LogP contribution in [0.2, 0.25) is 0 Å². The molecule has 0 unspecified atom stereocenters. The van der Waals surface area contributed by atoms with Gasteiger partial charge in [-0.2, -0.15) is 5.10 Å². The van der Waals surface area contributed by atoms with Crippen molar-refractivity contribution in [1.82, 2.24) is 24.2 Å². The average Bonchev–Trinajstić information content (AvgIpc) is 3.20. The smallest absolute Gasteiger partial charge is 0.245 e. The Bertz CT molecular complexity index is 548. The molecule has 0 bridgehead atoms. The summed E-state index contributed by atoms with van der Waals surface area (Å²) in [6.45, 7) is 3.53. The van der Waals surface area contributed by atoms with Gasteiger partial charge in [-0.25, -0.2) is 4.98 Å². The molecule has 1 aliphatic rings. The van der Waals surface area contributed by atoms with Crippen LogP contribution < -0.4 is 0 Å². The Morgan fingerprint density at radius 1 is 1.40 bits per heavy atom. The van der Waals surface area contributed by atoms with Crippen LogP contribution in [0, 0.1) is 0 Å². The zero-order chi connectivity index (χ0) is 13.9. The molecule has 0 N–H and O–H groups in total. The Morgan fingerprint density at radius 2 is 2.30 bits per heavy atom. The summed E-state index contributed by atoms with van der Waals surface area (Å²) in [5, 5.41) is 4.23. The first-order valence-electron chi connectivity index (χ1n) is 7.01. The van der Waals surface area contributed by atoms with Gasteiger partial charge >= 0.3 is 0 Å². The summed E-state index contributed by atoms with van der Waals surface area (Å²) >= 11 is 0. The van der Waals surface area contributed by atoms with Gasteiger partial charge in [-0.15, -0.1) is 0 Å². The standard InChI is InChI=1S/C14H19N5O/c1-12(17-9-6-15-11-17)14(20)19-8-2-4-13(19)10-18-7-3-5-16-18/h3,5-7,9,11-13H,2,4,8,10H2,1H3/t12-,13-/m1/s1. The molecular weight excluding hydrogens is 254 g/mol. The van der Waals surface area contributed by atoms with Gasteiger partial charge < -0.3 is 9.47 Å². The minimum atomic E-state index is -0.198. The predicted molar refractivity (Wildman–Crippen MR) is 73.9 cm³/mol. The lowest BCUT2D eigenvalue weighted by atomic mass is 10.2. The van der Waals surface area contributed by atoms with E-state index in [-0.39, 0.29) is 18.0 Å². The second kappa shape index (κ2) is 5.48. The first-order valence-corrected chi connectivity index (χ1v) is 7.01. The highest BCUT2D eigenvalue weighted by Gasteiger charge is 2.32. The van der Waals surface area contributed by atoms with Gasteiger partial charge in [0.1, 0.15) is 6.04 Å². The monoisotopic (exact) mass is 273 g/mol. The molecule has 0 aliphatic carbocycles. The predicted octanol–water partition coefficient (Wildman–Crippen LogP) is 1.33. The number of amides is 1. The van der Waals surface area contributed by atoms with Crippen molar-refractivity contribution in [2.75, 3.05) is 6.54 Å². The largest absolute Gasteiger partial charge is 0.336 e. The molecule has 0 aromatic carbocycles. The van der Waals surface area contributed by atoms with E-state index in [1.807, 2.05) is 39.5 Å². The molecule has 2 atom stereocenters. The van der Waals surface area contributed by atoms with Crippen molar-refractivity contribution in [1.29, 1.82) is 0 Å². The van der Waals surface area contributed by atoms with Crippen LogP contribution in [0.25, 0.3) is 0 Å². The molecule has 6 nitrogen and oxygen atoms in total. The molecule has 0 spiro atoms. The molecule has 3 heterocycles. The van der Waals surface area contributed by atoms with Crippen LogP contribution in [0.1, 0.15) is 25.8 Å². The van der Waals surface area contributed by atoms with Crippen molar-refractivity contribution in [2.45, 2.75) is 38.4 Å². The summed E-state index contributed by atoms with van der Waals surface area (Å²) in [4.78, 5) is 18.6. The van der Waals surface area contributed by atoms with E-state index in [1.54, 1.807) is 18.7 Å². The van der Waals surface area contributed by atoms with E-state index < -0.39 is 0 Å². The molecule has 1 fully saturated rings. The Balaban J connectivity index is 1.70. The maximum absolute atomic E-state index is 12.6. The number of imidazole rings is 1. The summed E-state index contributed by atoms with van der Waals surface area (Å²) < 4.78 is 3.75. The van der Waals surface area contributed by atoms with E-state index in [4.69, 9.17) is 0 Å². The van der Waals surface area contributed by atoms with Gasteiger partial charge in [-0.05, 0) is 25.8 Å². The zero-order valence-electron chi connectivity index (χ0n) is 11.6. The molecule has 106 valence electrons. The topological polar surface area (TPSA) is 56.0 Å². The number of likely N-dealkylation sites (tertiary alicyclic amines) is 1. The number of hydrogen-bond donors (Lipinski definition) is 0. The van der Waals surface area contributed by atoms with Gasteiger partial charge in [0, 0.05) is 31.3 Å². The van der Waals surface area contributed by atoms with Gasteiger partial charge in [0.2, 0.25) is 5.91 Å². The first kappa shape index (κ1) is 12.9. The maximum atomic E-state index is 12.6. The fourth-order valence-corrected chi connectivity index (χ4v) is 2.81. The maximum Gasteiger partial charge on any atom is 0.245 e. The second-order valence-corrected chi connectivity index (χ2v) is 5.24. The third-order valence-corrected chi connectivity index (χ3v) is 3.95. The van der Waals surface area contributed by atoms with Gasteiger partial charge in [0.15, 0.2) is 0 Å². The quantitative estimate of drug-likeness (QED) is 0.844. The van der Waals surface area contributed by atoms with E-state index in [1.165, 1.54) is 0 Å². The highest BCUT2D eigenvalue weighted by Crippen LogP contribution is 2.22. The van der Waals surface area contributed by atoms with E-state index in [9.17, 15) is 4.79 Å². The molecule has 0 saturated carbocycles. The van der Waals surface area contributed by atoms with E-state index in [0.29, 0.717) is 0 Å². The number of carbonyl (C=O) groups is 1. The number of nitrogens with zero attached hydrogens (tertiary/aromatic N) is 5. The van der Waals surface area contributed by atoms with Crippen LogP contribution in [-0.2, 0) is 11.3 Å². The van der Waals surface area contributed by atoms with Crippen molar-refractivity contribution >= 4 is 5.91 Å². The van der Waals surface area contributed by atoms with Crippen LogP contribution in [0.3, 0.4) is 0 Å². The number of carbonyl (C=O) groups excluding carboxylic acids is 1. The van der Waals surface area contributed by atoms with Gasteiger partial charge in [0.05, 0.1) is 18.9 Å². The fraction of sp³-hybridized carbons (Fsp3) is 0.500. The molecule has 2 aromatic heterocycles. The number of aromatic nitrogens is 4. The van der Waals surface area contributed by atoms with Crippen molar-refractivity contribution in [3.8, 4) is 0 Å². The summed E-state index contributed by atoms with van der Waals surface area (Å²) in [6, 6.07) is 1.96. The Morgan fingerprint density at radius 3 is 3.00 bits per heavy atom. The van der Waals surface area contributed by atoms with E-state index >= 15 is 0 Å². The highest BCUT2D eigenvalue weighted by atomic mass is 16.2. The van der Waals surface area contributed by atoms with Crippen molar-refractivity contribution in [2.24, 2.45) is 0 Å². The molecular formula is C14H19N5O. The normalized spacial score (nSPS) is 20.2. The number of rotatable bonds is 4. The molecule has 3 rings (SSSR count). The van der Waals surface area contributed by atoms with Gasteiger partial charge in [0.25, 0.3) is 0 Å². The third kappa shape index (κ3) is 2.45. The average molecular weight is 273 g/mol. The molecule has 6 heteroatoms. The zero-order valence-corrected chi connectivity index (χ0v) is 11.6. The minimum absolute atomic E-state index is 0.164. The van der Waals surface area contributed by atoms with Crippen LogP contribution in [-0.4, -0.2) is 42.7 Å². The summed E-state index contributed by atoms with van der Waals surface area (Å²) in [5.74, 6) is 0.164. The highest BCUT2D eigenvalue weighted by molar-refractivity contribution is 5.80. The Kier molecular flexibility index (Phi) is 3.54. The van der Waals surface area contributed by atoms with E-state index in [2.05, 4.69) is 10.1 Å². The summed E-state index contributed by atoms with van der Waals surface area (Å²) in [5.41, 5.74) is 0. The summed E-state index contributed by atoms with van der Waals surface area (Å²) in [6.07, 6.45) is 11.1. The summed E-state index contributed by atoms with van der Waals surface area (Å²) in [7, 11) is 0. The van der Waals surface area contributed by atoms with Gasteiger partial charge in [-0.3, -0.25) is 9.48 Å². The molecule has 2 aromatic rings. The van der Waals surface area contributed by atoms with Crippen molar-refractivity contribution < 1.29 is 4.79 Å². The van der Waals surface area contributed by atoms with E-state index in [0.717, 1.165) is 25.9 Å². The Labute approximate surface area is 118 Å². The molecule has 20 heavy (non-hydrogen) atoms. The molecule has 0 radical (unpaired) electrons. The SMILES string of the molecule is C[C@H](C(=O)N1CCC[C@@H]1Cn1cccn1)n1ccnc1. The lowest BCUT2D eigenvalue weighted by Crippen LogP contribution is -2.41. The van der Waals surface area contributed by atoms with Crippen molar-refractivity contribution in [3.05, 3.63) is 37.2 Å². The van der Waals surface area contributed by atoms with Crippen LogP contribution in [0.5, 0.6) is 0 Å². The number of hydrogen-bond acceptors (Lipinski definition) is 3. The lowest BCUT2D eigenvalue weighted by molar-refractivity contribution is -0.135. The lowest BCUT2D eigenvalue weighted by Gasteiger charge is -2.27. The Hall–Kier alpha value is -2.11. The first-order chi connectivity index (χ1) is 9.75. The fourth-order valence-electron chi connectivity index (χ4n) is 2.81.